The van der Waals surface area contributed by atoms with Gasteiger partial charge in [0.05, 0.1) is 0 Å². The van der Waals surface area contributed by atoms with Crippen LogP contribution in [0.3, 0.4) is 0 Å². The maximum absolute atomic E-state index is 12.7. The smallest absolute Gasteiger partial charge is 0.253 e. The van der Waals surface area contributed by atoms with Crippen molar-refractivity contribution in [1.29, 1.82) is 0 Å². The molecule has 0 saturated carbocycles. The first-order valence-corrected chi connectivity index (χ1v) is 10.4. The number of halogens is 1. The first-order chi connectivity index (χ1) is 13.7. The van der Waals surface area contributed by atoms with E-state index in [9.17, 15) is 4.79 Å². The number of ether oxygens (including phenoxy) is 1. The van der Waals surface area contributed by atoms with E-state index in [0.717, 1.165) is 63.2 Å². The lowest BCUT2D eigenvalue weighted by Gasteiger charge is -2.41. The Kier molecular flexibility index (Phi) is 6.13. The van der Waals surface area contributed by atoms with Crippen molar-refractivity contribution < 1.29 is 9.53 Å². The largest absolute Gasteiger partial charge is 0.490 e. The summed E-state index contributed by atoms with van der Waals surface area (Å²) < 4.78 is 6.07. The van der Waals surface area contributed by atoms with Crippen LogP contribution in [-0.4, -0.2) is 59.0 Å². The summed E-state index contributed by atoms with van der Waals surface area (Å²) in [6.45, 7) is 3.76. The minimum atomic E-state index is 0.111. The van der Waals surface area contributed by atoms with E-state index in [-0.39, 0.29) is 12.0 Å². The molecule has 6 heteroatoms. The number of amides is 1. The molecule has 2 saturated heterocycles. The first kappa shape index (κ1) is 19.2. The molecule has 2 fully saturated rings. The van der Waals surface area contributed by atoms with Crippen LogP contribution in [0.5, 0.6) is 5.75 Å². The lowest BCUT2D eigenvalue weighted by atomic mass is 9.98. The summed E-state index contributed by atoms with van der Waals surface area (Å²) in [5.41, 5.74) is 0.719. The van der Waals surface area contributed by atoms with Gasteiger partial charge in [-0.3, -0.25) is 14.7 Å². The lowest BCUT2D eigenvalue weighted by molar-refractivity contribution is 0.0425. The molecule has 1 aromatic carbocycles. The van der Waals surface area contributed by atoms with Gasteiger partial charge in [-0.2, -0.15) is 0 Å². The van der Waals surface area contributed by atoms with E-state index >= 15 is 0 Å². The van der Waals surface area contributed by atoms with E-state index in [4.69, 9.17) is 16.3 Å². The molecular formula is C22H26ClN3O2. The molecule has 28 heavy (non-hydrogen) atoms. The average Bonchev–Trinajstić information content (AvgIpc) is 2.75. The Morgan fingerprint density at radius 2 is 1.57 bits per heavy atom. The highest BCUT2D eigenvalue weighted by molar-refractivity contribution is 6.30. The van der Waals surface area contributed by atoms with Crippen molar-refractivity contribution in [3.8, 4) is 5.75 Å². The zero-order valence-electron chi connectivity index (χ0n) is 16.0. The molecule has 0 radical (unpaired) electrons. The fourth-order valence-electron chi connectivity index (χ4n) is 4.18. The van der Waals surface area contributed by atoms with Gasteiger partial charge in [0.25, 0.3) is 5.91 Å². The van der Waals surface area contributed by atoms with Gasteiger partial charge in [0, 0.05) is 55.2 Å². The van der Waals surface area contributed by atoms with Gasteiger partial charge in [-0.05, 0) is 62.1 Å². The number of nitrogens with zero attached hydrogens (tertiary/aromatic N) is 3. The van der Waals surface area contributed by atoms with Gasteiger partial charge in [-0.25, -0.2) is 0 Å². The maximum Gasteiger partial charge on any atom is 0.253 e. The number of hydrogen-bond acceptors (Lipinski definition) is 4. The second-order valence-corrected chi connectivity index (χ2v) is 8.00. The highest BCUT2D eigenvalue weighted by atomic mass is 35.5. The van der Waals surface area contributed by atoms with Gasteiger partial charge in [-0.15, -0.1) is 0 Å². The summed E-state index contributed by atoms with van der Waals surface area (Å²) in [5.74, 6) is 1.02. The third kappa shape index (κ3) is 4.65. The predicted molar refractivity (Wildman–Crippen MR) is 110 cm³/mol. The highest BCUT2D eigenvalue weighted by Crippen LogP contribution is 2.24. The average molecular weight is 400 g/mol. The lowest BCUT2D eigenvalue weighted by Crippen LogP contribution is -2.50. The second kappa shape index (κ2) is 8.93. The van der Waals surface area contributed by atoms with Crippen molar-refractivity contribution in [3.63, 3.8) is 0 Å². The van der Waals surface area contributed by atoms with Crippen molar-refractivity contribution >= 4 is 17.5 Å². The fourth-order valence-corrected chi connectivity index (χ4v) is 4.30. The molecular weight excluding hydrogens is 374 g/mol. The number of likely N-dealkylation sites (tertiary alicyclic amines) is 2. The molecule has 3 heterocycles. The number of hydrogen-bond donors (Lipinski definition) is 0. The SMILES string of the molecule is O=C(c1ccc(Cl)cc1)N1CCC(N2CCC(Oc3ccncc3)CC2)CC1. The molecule has 5 nitrogen and oxygen atoms in total. The van der Waals surface area contributed by atoms with Gasteiger partial charge in [0.2, 0.25) is 0 Å². The third-order valence-corrected chi connectivity index (χ3v) is 6.04. The van der Waals surface area contributed by atoms with Gasteiger partial charge in [-0.1, -0.05) is 11.6 Å². The molecule has 0 N–H and O–H groups in total. The Bertz CT molecular complexity index is 768. The number of pyridine rings is 1. The number of piperidine rings is 2. The molecule has 0 bridgehead atoms. The summed E-state index contributed by atoms with van der Waals surface area (Å²) in [6.07, 6.45) is 7.99. The highest BCUT2D eigenvalue weighted by Gasteiger charge is 2.30. The number of aromatic nitrogens is 1. The first-order valence-electron chi connectivity index (χ1n) is 10.0. The fraction of sp³-hybridized carbons (Fsp3) is 0.455. The van der Waals surface area contributed by atoms with E-state index in [1.807, 2.05) is 29.2 Å². The number of carbonyl (C=O) groups excluding carboxylic acids is 1. The second-order valence-electron chi connectivity index (χ2n) is 7.57. The Hall–Kier alpha value is -2.11. The molecule has 1 amide bonds. The number of carbonyl (C=O) groups is 1. The van der Waals surface area contributed by atoms with Crippen LogP contribution in [0.25, 0.3) is 0 Å². The molecule has 2 aliphatic rings. The van der Waals surface area contributed by atoms with Gasteiger partial charge >= 0.3 is 0 Å². The van der Waals surface area contributed by atoms with Crippen LogP contribution in [0.1, 0.15) is 36.0 Å². The zero-order chi connectivity index (χ0) is 19.3. The van der Waals surface area contributed by atoms with Gasteiger partial charge in [0.15, 0.2) is 0 Å². The van der Waals surface area contributed by atoms with Crippen LogP contribution < -0.4 is 4.74 Å². The zero-order valence-corrected chi connectivity index (χ0v) is 16.7. The molecule has 0 atom stereocenters. The summed E-state index contributed by atoms with van der Waals surface area (Å²) in [6, 6.07) is 11.6. The molecule has 0 aliphatic carbocycles. The molecule has 0 spiro atoms. The minimum absolute atomic E-state index is 0.111. The predicted octanol–water partition coefficient (Wildman–Crippen LogP) is 3.88. The van der Waals surface area contributed by atoms with E-state index in [1.165, 1.54) is 0 Å². The van der Waals surface area contributed by atoms with E-state index in [0.29, 0.717) is 11.1 Å². The number of rotatable bonds is 4. The summed E-state index contributed by atoms with van der Waals surface area (Å²) in [4.78, 5) is 21.2. The van der Waals surface area contributed by atoms with Crippen molar-refractivity contribution in [2.45, 2.75) is 37.8 Å². The Morgan fingerprint density at radius 3 is 2.21 bits per heavy atom. The van der Waals surface area contributed by atoms with Crippen LogP contribution in [0.4, 0.5) is 0 Å². The monoisotopic (exact) mass is 399 g/mol. The molecule has 0 unspecified atom stereocenters. The number of benzene rings is 1. The van der Waals surface area contributed by atoms with E-state index in [2.05, 4.69) is 9.88 Å². The van der Waals surface area contributed by atoms with Crippen molar-refractivity contribution in [2.75, 3.05) is 26.2 Å². The molecule has 148 valence electrons. The van der Waals surface area contributed by atoms with Crippen LogP contribution >= 0.6 is 11.6 Å². The maximum atomic E-state index is 12.7. The molecule has 2 aliphatic heterocycles. The standard InChI is InChI=1S/C22H26ClN3O2/c23-18-3-1-17(2-4-18)22(27)26-13-7-19(8-14-26)25-15-9-21(10-16-25)28-20-5-11-24-12-6-20/h1-6,11-12,19,21H,7-10,13-16H2. The van der Waals surface area contributed by atoms with E-state index < -0.39 is 0 Å². The van der Waals surface area contributed by atoms with Crippen molar-refractivity contribution in [1.82, 2.24) is 14.8 Å². The minimum Gasteiger partial charge on any atom is -0.490 e. The van der Waals surface area contributed by atoms with Gasteiger partial charge in [0.1, 0.15) is 11.9 Å². The van der Waals surface area contributed by atoms with Gasteiger partial charge < -0.3 is 9.64 Å². The van der Waals surface area contributed by atoms with Crippen molar-refractivity contribution in [2.24, 2.45) is 0 Å². The molecule has 4 rings (SSSR count). The van der Waals surface area contributed by atoms with Crippen LogP contribution in [0.15, 0.2) is 48.8 Å². The quantitative estimate of drug-likeness (QED) is 0.782. The summed E-state index contributed by atoms with van der Waals surface area (Å²) >= 11 is 5.92. The Labute approximate surface area is 171 Å². The molecule has 1 aromatic heterocycles. The topological polar surface area (TPSA) is 45.7 Å². The van der Waals surface area contributed by atoms with Crippen LogP contribution in [0.2, 0.25) is 5.02 Å². The third-order valence-electron chi connectivity index (χ3n) is 5.79. The van der Waals surface area contributed by atoms with Crippen LogP contribution in [-0.2, 0) is 0 Å². The van der Waals surface area contributed by atoms with E-state index in [1.54, 1.807) is 24.5 Å². The van der Waals surface area contributed by atoms with Crippen LogP contribution in [0, 0.1) is 0 Å². The summed E-state index contributed by atoms with van der Waals surface area (Å²) in [7, 11) is 0. The molecule has 2 aromatic rings. The Morgan fingerprint density at radius 1 is 0.929 bits per heavy atom. The van der Waals surface area contributed by atoms with Crippen molar-refractivity contribution in [3.05, 3.63) is 59.4 Å². The normalized spacial score (nSPS) is 19.5. The Balaban J connectivity index is 1.23. The summed E-state index contributed by atoms with van der Waals surface area (Å²) in [5, 5.41) is 0.659.